The van der Waals surface area contributed by atoms with Crippen molar-refractivity contribution in [3.8, 4) is 5.75 Å². The first kappa shape index (κ1) is 18.3. The van der Waals surface area contributed by atoms with Crippen LogP contribution in [0.15, 0.2) is 24.3 Å². The zero-order valence-corrected chi connectivity index (χ0v) is 14.0. The minimum Gasteiger partial charge on any atom is -0.491 e. The molecular weight excluding hydrogens is 282 g/mol. The number of carbonyl (C=O) groups is 1. The lowest BCUT2D eigenvalue weighted by molar-refractivity contribution is 0.0489. The van der Waals surface area contributed by atoms with E-state index in [0.717, 1.165) is 12.2 Å². The molecule has 0 heterocycles. The van der Waals surface area contributed by atoms with Gasteiger partial charge in [-0.1, -0.05) is 19.1 Å². The smallest absolute Gasteiger partial charge is 0.407 e. The Kier molecular flexibility index (Phi) is 7.74. The Morgan fingerprint density at radius 2 is 1.77 bits per heavy atom. The number of hydrogen-bond acceptors (Lipinski definition) is 4. The molecule has 0 bridgehead atoms. The average Bonchev–Trinajstić information content (AvgIpc) is 2.45. The number of carbonyl (C=O) groups excluding carboxylic acids is 1. The maximum Gasteiger partial charge on any atom is 0.407 e. The number of nitrogens with one attached hydrogen (secondary N) is 1. The molecule has 0 aliphatic carbocycles. The maximum absolute atomic E-state index is 11.4. The zero-order chi connectivity index (χ0) is 16.4. The molecule has 1 aromatic carbocycles. The molecule has 0 saturated heterocycles. The van der Waals surface area contributed by atoms with Crippen molar-refractivity contribution in [1.82, 2.24) is 5.32 Å². The van der Waals surface area contributed by atoms with Gasteiger partial charge in [-0.2, -0.15) is 0 Å². The van der Waals surface area contributed by atoms with Gasteiger partial charge < -0.3 is 19.5 Å². The molecule has 0 radical (unpaired) electrons. The van der Waals surface area contributed by atoms with E-state index in [1.807, 2.05) is 32.9 Å². The van der Waals surface area contributed by atoms with Crippen molar-refractivity contribution in [3.63, 3.8) is 0 Å². The minimum atomic E-state index is -0.480. The Morgan fingerprint density at radius 1 is 1.09 bits per heavy atom. The van der Waals surface area contributed by atoms with Crippen LogP contribution in [0, 0.1) is 0 Å². The molecule has 0 atom stereocenters. The van der Waals surface area contributed by atoms with Gasteiger partial charge in [0.2, 0.25) is 0 Å². The highest BCUT2D eigenvalue weighted by atomic mass is 16.6. The summed E-state index contributed by atoms with van der Waals surface area (Å²) in [5, 5.41) is 2.63. The first-order chi connectivity index (χ1) is 10.4. The molecular formula is C17H27NO4. The Balaban J connectivity index is 2.02. The lowest BCUT2D eigenvalue weighted by Crippen LogP contribution is -2.34. The van der Waals surface area contributed by atoms with E-state index in [2.05, 4.69) is 24.4 Å². The highest BCUT2D eigenvalue weighted by Gasteiger charge is 2.15. The molecule has 1 rings (SSSR count). The fraction of sp³-hybridized carbons (Fsp3) is 0.588. The quantitative estimate of drug-likeness (QED) is 0.749. The van der Waals surface area contributed by atoms with E-state index < -0.39 is 11.7 Å². The van der Waals surface area contributed by atoms with Gasteiger partial charge in [0.05, 0.1) is 13.2 Å². The standard InChI is InChI=1S/C17H27NO4/c1-5-14-6-8-15(9-7-14)21-13-12-20-11-10-18-16(19)22-17(2,3)4/h6-9H,5,10-13H2,1-4H3,(H,18,19). The number of ether oxygens (including phenoxy) is 3. The van der Waals surface area contributed by atoms with Crippen molar-refractivity contribution < 1.29 is 19.0 Å². The van der Waals surface area contributed by atoms with Crippen LogP contribution < -0.4 is 10.1 Å². The van der Waals surface area contributed by atoms with Crippen molar-refractivity contribution in [1.29, 1.82) is 0 Å². The third-order valence-electron chi connectivity index (χ3n) is 2.74. The summed E-state index contributed by atoms with van der Waals surface area (Å²) >= 11 is 0. The number of amides is 1. The molecule has 0 aromatic heterocycles. The molecule has 1 aromatic rings. The lowest BCUT2D eigenvalue weighted by atomic mass is 10.2. The van der Waals surface area contributed by atoms with Gasteiger partial charge >= 0.3 is 6.09 Å². The molecule has 5 heteroatoms. The molecule has 1 amide bonds. The van der Waals surface area contributed by atoms with E-state index in [0.29, 0.717) is 26.4 Å². The maximum atomic E-state index is 11.4. The largest absolute Gasteiger partial charge is 0.491 e. The summed E-state index contributed by atoms with van der Waals surface area (Å²) in [5.74, 6) is 0.840. The van der Waals surface area contributed by atoms with E-state index >= 15 is 0 Å². The van der Waals surface area contributed by atoms with Gasteiger partial charge in [-0.25, -0.2) is 4.79 Å². The number of hydrogen-bond donors (Lipinski definition) is 1. The van der Waals surface area contributed by atoms with E-state index in [1.54, 1.807) is 0 Å². The van der Waals surface area contributed by atoms with Gasteiger partial charge in [-0.15, -0.1) is 0 Å². The molecule has 0 spiro atoms. The summed E-state index contributed by atoms with van der Waals surface area (Å²) < 4.78 is 16.1. The van der Waals surface area contributed by atoms with Crippen LogP contribution >= 0.6 is 0 Å². The molecule has 124 valence electrons. The number of alkyl carbamates (subject to hydrolysis) is 1. The van der Waals surface area contributed by atoms with Gasteiger partial charge in [0, 0.05) is 6.54 Å². The van der Waals surface area contributed by atoms with Crippen LogP contribution in [0.3, 0.4) is 0 Å². The summed E-state index contributed by atoms with van der Waals surface area (Å²) in [6, 6.07) is 8.04. The average molecular weight is 309 g/mol. The molecule has 1 N–H and O–H groups in total. The minimum absolute atomic E-state index is 0.417. The van der Waals surface area contributed by atoms with Gasteiger partial charge in [-0.3, -0.25) is 0 Å². The second kappa shape index (κ2) is 9.30. The molecule has 0 saturated carbocycles. The van der Waals surface area contributed by atoms with Crippen molar-refractivity contribution >= 4 is 6.09 Å². The lowest BCUT2D eigenvalue weighted by Gasteiger charge is -2.19. The second-order valence-electron chi connectivity index (χ2n) is 5.89. The van der Waals surface area contributed by atoms with Gasteiger partial charge in [0.25, 0.3) is 0 Å². The number of aryl methyl sites for hydroxylation is 1. The molecule has 0 aliphatic rings. The summed E-state index contributed by atoms with van der Waals surface area (Å²) in [6.45, 7) is 9.41. The zero-order valence-electron chi connectivity index (χ0n) is 14.0. The third-order valence-corrected chi connectivity index (χ3v) is 2.74. The monoisotopic (exact) mass is 309 g/mol. The predicted octanol–water partition coefficient (Wildman–Crippen LogP) is 3.17. The summed E-state index contributed by atoms with van der Waals surface area (Å²) in [6.07, 6.45) is 0.594. The van der Waals surface area contributed by atoms with Gasteiger partial charge in [0.1, 0.15) is 18.0 Å². The van der Waals surface area contributed by atoms with Gasteiger partial charge in [0.15, 0.2) is 0 Å². The van der Waals surface area contributed by atoms with Crippen molar-refractivity contribution in [2.24, 2.45) is 0 Å². The predicted molar refractivity (Wildman–Crippen MR) is 86.4 cm³/mol. The third kappa shape index (κ3) is 8.52. The SMILES string of the molecule is CCc1ccc(OCCOCCNC(=O)OC(C)(C)C)cc1. The second-order valence-corrected chi connectivity index (χ2v) is 5.89. The molecule has 5 nitrogen and oxygen atoms in total. The first-order valence-corrected chi connectivity index (χ1v) is 7.67. The topological polar surface area (TPSA) is 56.8 Å². The van der Waals surface area contributed by atoms with Crippen LogP contribution in [0.5, 0.6) is 5.75 Å². The van der Waals surface area contributed by atoms with Crippen molar-refractivity contribution in [3.05, 3.63) is 29.8 Å². The number of benzene rings is 1. The van der Waals surface area contributed by atoms with Crippen LogP contribution in [-0.4, -0.2) is 38.1 Å². The van der Waals surface area contributed by atoms with Gasteiger partial charge in [-0.05, 0) is 44.9 Å². The summed E-state index contributed by atoms with van der Waals surface area (Å²) in [7, 11) is 0. The Labute approximate surface area is 132 Å². The molecule has 0 unspecified atom stereocenters. The number of rotatable bonds is 8. The summed E-state index contributed by atoms with van der Waals surface area (Å²) in [5.41, 5.74) is 0.809. The van der Waals surface area contributed by atoms with Crippen LogP contribution in [0.1, 0.15) is 33.3 Å². The fourth-order valence-electron chi connectivity index (χ4n) is 1.68. The normalized spacial score (nSPS) is 11.1. The summed E-state index contributed by atoms with van der Waals surface area (Å²) in [4.78, 5) is 11.4. The Morgan fingerprint density at radius 3 is 2.36 bits per heavy atom. The highest BCUT2D eigenvalue weighted by molar-refractivity contribution is 5.67. The van der Waals surface area contributed by atoms with Crippen LogP contribution in [0.25, 0.3) is 0 Å². The first-order valence-electron chi connectivity index (χ1n) is 7.67. The van der Waals surface area contributed by atoms with Crippen LogP contribution in [-0.2, 0) is 15.9 Å². The van der Waals surface area contributed by atoms with Crippen molar-refractivity contribution in [2.45, 2.75) is 39.7 Å². The fourth-order valence-corrected chi connectivity index (χ4v) is 1.68. The van der Waals surface area contributed by atoms with E-state index in [-0.39, 0.29) is 0 Å². The van der Waals surface area contributed by atoms with Crippen molar-refractivity contribution in [2.75, 3.05) is 26.4 Å². The highest BCUT2D eigenvalue weighted by Crippen LogP contribution is 2.12. The molecule has 22 heavy (non-hydrogen) atoms. The Bertz CT molecular complexity index is 437. The van der Waals surface area contributed by atoms with Crippen LogP contribution in [0.4, 0.5) is 4.79 Å². The molecule has 0 aliphatic heterocycles. The van der Waals surface area contributed by atoms with E-state index in [9.17, 15) is 4.79 Å². The van der Waals surface area contributed by atoms with E-state index in [1.165, 1.54) is 5.56 Å². The Hall–Kier alpha value is -1.75. The molecule has 0 fully saturated rings. The van der Waals surface area contributed by atoms with Crippen LogP contribution in [0.2, 0.25) is 0 Å². The van der Waals surface area contributed by atoms with E-state index in [4.69, 9.17) is 14.2 Å².